The first-order chi connectivity index (χ1) is 6.25. The van der Waals surface area contributed by atoms with Crippen LogP contribution in [0, 0.1) is 0 Å². The maximum atomic E-state index is 10.8. The van der Waals surface area contributed by atoms with Crippen LogP contribution in [0.15, 0.2) is 24.2 Å². The zero-order chi connectivity index (χ0) is 9.68. The minimum atomic E-state index is -0.987. The molecule has 5 nitrogen and oxygen atoms in total. The summed E-state index contributed by atoms with van der Waals surface area (Å²) in [5.74, 6) is 0.442. The van der Waals surface area contributed by atoms with Gasteiger partial charge in [0.25, 0.3) is 0 Å². The second kappa shape index (κ2) is 4.39. The third kappa shape index (κ3) is 2.40. The number of rotatable bonds is 3. The van der Waals surface area contributed by atoms with E-state index in [2.05, 4.69) is 5.48 Å². The summed E-state index contributed by atoms with van der Waals surface area (Å²) in [7, 11) is 0. The van der Waals surface area contributed by atoms with E-state index in [9.17, 15) is 4.79 Å². The molecule has 0 spiro atoms. The molecule has 1 aliphatic heterocycles. The molecule has 13 heavy (non-hydrogen) atoms. The molecule has 0 unspecified atom stereocenters. The van der Waals surface area contributed by atoms with Gasteiger partial charge in [-0.25, -0.2) is 10.3 Å². The van der Waals surface area contributed by atoms with Gasteiger partial charge in [-0.2, -0.15) is 0 Å². The number of allylic oxidation sites excluding steroid dienone is 2. The van der Waals surface area contributed by atoms with Crippen molar-refractivity contribution in [2.45, 2.75) is 13.3 Å². The van der Waals surface area contributed by atoms with Crippen LogP contribution in [0.3, 0.4) is 0 Å². The normalized spacial score (nSPS) is 14.1. The molecule has 0 aliphatic carbocycles. The van der Waals surface area contributed by atoms with E-state index in [0.717, 1.165) is 6.42 Å². The van der Waals surface area contributed by atoms with E-state index in [1.54, 1.807) is 12.2 Å². The van der Waals surface area contributed by atoms with Crippen LogP contribution >= 0.6 is 0 Å². The van der Waals surface area contributed by atoms with Gasteiger partial charge in [0.15, 0.2) is 0 Å². The fraction of sp³-hybridized carbons (Fsp3) is 0.375. The highest BCUT2D eigenvalue weighted by molar-refractivity contribution is 5.67. The molecule has 0 aromatic heterocycles. The molecule has 0 radical (unpaired) electrons. The Labute approximate surface area is 76.2 Å². The van der Waals surface area contributed by atoms with E-state index < -0.39 is 6.09 Å². The number of carboxylic acid groups (broad SMARTS) is 1. The van der Waals surface area contributed by atoms with E-state index in [1.165, 1.54) is 11.2 Å². The summed E-state index contributed by atoms with van der Waals surface area (Å²) in [6.45, 7) is 2.36. The molecular formula is C8H12N2O3. The molecule has 5 heteroatoms. The summed E-state index contributed by atoms with van der Waals surface area (Å²) < 4.78 is 0. The SMILES string of the molecule is CCCN(C(=O)O)C1=CC=CON1. The molecule has 1 heterocycles. The van der Waals surface area contributed by atoms with Crippen LogP contribution in [0.25, 0.3) is 0 Å². The highest BCUT2D eigenvalue weighted by Crippen LogP contribution is 2.06. The Morgan fingerprint density at radius 2 is 2.54 bits per heavy atom. The number of nitrogens with one attached hydrogen (secondary N) is 1. The molecule has 1 aliphatic rings. The van der Waals surface area contributed by atoms with Gasteiger partial charge >= 0.3 is 6.09 Å². The van der Waals surface area contributed by atoms with E-state index in [0.29, 0.717) is 12.4 Å². The molecule has 0 atom stereocenters. The third-order valence-electron chi connectivity index (χ3n) is 1.53. The molecule has 1 rings (SSSR count). The number of hydrogen-bond donors (Lipinski definition) is 2. The number of hydroxylamine groups is 1. The fourth-order valence-electron chi connectivity index (χ4n) is 0.986. The van der Waals surface area contributed by atoms with Crippen LogP contribution in [0.4, 0.5) is 4.79 Å². The number of amides is 1. The van der Waals surface area contributed by atoms with Crippen LogP contribution in [-0.2, 0) is 4.84 Å². The second-order valence-corrected chi connectivity index (χ2v) is 2.53. The zero-order valence-electron chi connectivity index (χ0n) is 7.36. The van der Waals surface area contributed by atoms with Crippen LogP contribution in [0.2, 0.25) is 0 Å². The Bertz CT molecular complexity index is 248. The number of hydrogen-bond acceptors (Lipinski definition) is 3. The lowest BCUT2D eigenvalue weighted by Crippen LogP contribution is -2.36. The molecule has 0 aromatic carbocycles. The highest BCUT2D eigenvalue weighted by atomic mass is 16.6. The predicted octanol–water partition coefficient (Wildman–Crippen LogP) is 1.27. The summed E-state index contributed by atoms with van der Waals surface area (Å²) in [4.78, 5) is 16.7. The Kier molecular flexibility index (Phi) is 3.19. The molecule has 0 saturated carbocycles. The Balaban J connectivity index is 2.68. The average Bonchev–Trinajstić information content (AvgIpc) is 2.15. The molecule has 1 amide bonds. The largest absolute Gasteiger partial charge is 0.465 e. The van der Waals surface area contributed by atoms with E-state index in [4.69, 9.17) is 9.94 Å². The van der Waals surface area contributed by atoms with E-state index >= 15 is 0 Å². The summed E-state index contributed by atoms with van der Waals surface area (Å²) in [6.07, 6.45) is 4.49. The van der Waals surface area contributed by atoms with E-state index in [-0.39, 0.29) is 0 Å². The van der Waals surface area contributed by atoms with Crippen LogP contribution in [0.1, 0.15) is 13.3 Å². The first-order valence-corrected chi connectivity index (χ1v) is 4.04. The maximum Gasteiger partial charge on any atom is 0.413 e. The first kappa shape index (κ1) is 9.44. The van der Waals surface area contributed by atoms with Crippen molar-refractivity contribution in [3.05, 3.63) is 24.2 Å². The Morgan fingerprint density at radius 1 is 1.77 bits per heavy atom. The minimum Gasteiger partial charge on any atom is -0.465 e. The van der Waals surface area contributed by atoms with Crippen LogP contribution < -0.4 is 5.48 Å². The van der Waals surface area contributed by atoms with E-state index in [1.807, 2.05) is 6.92 Å². The molecule has 72 valence electrons. The smallest absolute Gasteiger partial charge is 0.413 e. The Hall–Kier alpha value is -1.65. The Morgan fingerprint density at radius 3 is 3.00 bits per heavy atom. The lowest BCUT2D eigenvalue weighted by atomic mass is 10.4. The summed E-state index contributed by atoms with van der Waals surface area (Å²) in [5, 5.41) is 8.82. The second-order valence-electron chi connectivity index (χ2n) is 2.53. The molecule has 0 aromatic rings. The van der Waals surface area contributed by atoms with Gasteiger partial charge in [-0.15, -0.1) is 0 Å². The van der Waals surface area contributed by atoms with Gasteiger partial charge in [0.2, 0.25) is 0 Å². The van der Waals surface area contributed by atoms with Crippen molar-refractivity contribution in [1.82, 2.24) is 10.4 Å². The average molecular weight is 184 g/mol. The van der Waals surface area contributed by atoms with Crippen molar-refractivity contribution in [3.63, 3.8) is 0 Å². The summed E-state index contributed by atoms with van der Waals surface area (Å²) >= 11 is 0. The van der Waals surface area contributed by atoms with Crippen LogP contribution in [0.5, 0.6) is 0 Å². The zero-order valence-corrected chi connectivity index (χ0v) is 7.36. The van der Waals surface area contributed by atoms with Crippen molar-refractivity contribution < 1.29 is 14.7 Å². The van der Waals surface area contributed by atoms with Crippen molar-refractivity contribution in [3.8, 4) is 0 Å². The lowest BCUT2D eigenvalue weighted by Gasteiger charge is -2.22. The first-order valence-electron chi connectivity index (χ1n) is 4.04. The van der Waals surface area contributed by atoms with Gasteiger partial charge in [-0.1, -0.05) is 6.92 Å². The lowest BCUT2D eigenvalue weighted by molar-refractivity contribution is 0.106. The van der Waals surface area contributed by atoms with Gasteiger partial charge in [-0.3, -0.25) is 4.90 Å². The molecule has 2 N–H and O–H groups in total. The molecule has 0 fully saturated rings. The molecular weight excluding hydrogens is 172 g/mol. The molecule has 0 saturated heterocycles. The quantitative estimate of drug-likeness (QED) is 0.693. The van der Waals surface area contributed by atoms with Crippen molar-refractivity contribution in [2.75, 3.05) is 6.54 Å². The fourth-order valence-corrected chi connectivity index (χ4v) is 0.986. The molecule has 0 bridgehead atoms. The summed E-state index contributed by atoms with van der Waals surface area (Å²) in [5.41, 5.74) is 2.50. The topological polar surface area (TPSA) is 61.8 Å². The third-order valence-corrected chi connectivity index (χ3v) is 1.53. The van der Waals surface area contributed by atoms with Crippen LogP contribution in [-0.4, -0.2) is 22.6 Å². The minimum absolute atomic E-state index is 0.442. The van der Waals surface area contributed by atoms with Crippen molar-refractivity contribution in [2.24, 2.45) is 0 Å². The number of carbonyl (C=O) groups is 1. The van der Waals surface area contributed by atoms with Gasteiger partial charge < -0.3 is 9.94 Å². The van der Waals surface area contributed by atoms with Gasteiger partial charge in [-0.05, 0) is 18.6 Å². The summed E-state index contributed by atoms with van der Waals surface area (Å²) in [6, 6.07) is 0. The highest BCUT2D eigenvalue weighted by Gasteiger charge is 2.16. The van der Waals surface area contributed by atoms with Crippen molar-refractivity contribution >= 4 is 6.09 Å². The van der Waals surface area contributed by atoms with Gasteiger partial charge in [0.05, 0.1) is 0 Å². The predicted molar refractivity (Wildman–Crippen MR) is 46.5 cm³/mol. The van der Waals surface area contributed by atoms with Gasteiger partial charge in [0, 0.05) is 6.54 Å². The maximum absolute atomic E-state index is 10.8. The number of nitrogens with zero attached hydrogens (tertiary/aromatic N) is 1. The monoisotopic (exact) mass is 184 g/mol. The van der Waals surface area contributed by atoms with Gasteiger partial charge in [0.1, 0.15) is 12.1 Å². The van der Waals surface area contributed by atoms with Crippen molar-refractivity contribution in [1.29, 1.82) is 0 Å². The standard InChI is InChI=1S/C8H12N2O3/c1-2-5-10(8(11)12)7-4-3-6-13-9-7/h3-4,6,9H,2,5H2,1H3,(H,11,12).